The van der Waals surface area contributed by atoms with Gasteiger partial charge >= 0.3 is 5.97 Å². The second-order valence-corrected chi connectivity index (χ2v) is 4.36. The van der Waals surface area contributed by atoms with Crippen LogP contribution in [0, 0.1) is 6.92 Å². The average molecular weight is 302 g/mol. The largest absolute Gasteiger partial charge is 0.483 e. The van der Waals surface area contributed by atoms with Gasteiger partial charge in [-0.05, 0) is 19.1 Å². The number of benzene rings is 1. The van der Waals surface area contributed by atoms with Gasteiger partial charge in [-0.1, -0.05) is 17.7 Å². The Bertz CT molecular complexity index is 478. The number of amides is 1. The van der Waals surface area contributed by atoms with E-state index in [9.17, 15) is 9.59 Å². The number of carboxylic acids is 1. The van der Waals surface area contributed by atoms with E-state index >= 15 is 0 Å². The standard InChI is InChI=1S/C13H16ClNO5/c1-9-10(14)3-2-4-11(9)20-7-12(16)15-5-6-19-8-13(17)18/h2-4H,5-8H2,1H3,(H,15,16)(H,17,18). The summed E-state index contributed by atoms with van der Waals surface area (Å²) < 4.78 is 10.1. The van der Waals surface area contributed by atoms with E-state index in [1.165, 1.54) is 0 Å². The summed E-state index contributed by atoms with van der Waals surface area (Å²) >= 11 is 5.93. The highest BCUT2D eigenvalue weighted by Gasteiger charge is 2.06. The van der Waals surface area contributed by atoms with E-state index in [0.29, 0.717) is 10.8 Å². The predicted octanol–water partition coefficient (Wildman–Crippen LogP) is 1.24. The molecular formula is C13H16ClNO5. The number of carbonyl (C=O) groups excluding carboxylic acids is 1. The van der Waals surface area contributed by atoms with Gasteiger partial charge in [0.2, 0.25) is 0 Å². The summed E-state index contributed by atoms with van der Waals surface area (Å²) in [6.45, 7) is 1.64. The quantitative estimate of drug-likeness (QED) is 0.706. The van der Waals surface area contributed by atoms with Crippen molar-refractivity contribution in [1.82, 2.24) is 5.32 Å². The molecule has 0 saturated heterocycles. The third kappa shape index (κ3) is 5.90. The first kappa shape index (κ1) is 16.3. The molecule has 6 nitrogen and oxygen atoms in total. The van der Waals surface area contributed by atoms with E-state index in [1.807, 2.05) is 0 Å². The Balaban J connectivity index is 2.23. The number of hydrogen-bond donors (Lipinski definition) is 2. The molecule has 0 heterocycles. The third-order valence-corrected chi connectivity index (χ3v) is 2.78. The fraction of sp³-hybridized carbons (Fsp3) is 0.385. The molecule has 1 rings (SSSR count). The highest BCUT2D eigenvalue weighted by atomic mass is 35.5. The van der Waals surface area contributed by atoms with Crippen molar-refractivity contribution in [3.05, 3.63) is 28.8 Å². The Hall–Kier alpha value is -1.79. The van der Waals surface area contributed by atoms with Gasteiger partial charge in [-0.15, -0.1) is 0 Å². The third-order valence-electron chi connectivity index (χ3n) is 2.37. The summed E-state index contributed by atoms with van der Waals surface area (Å²) in [5.41, 5.74) is 0.770. The van der Waals surface area contributed by atoms with Gasteiger partial charge in [0.15, 0.2) is 6.61 Å². The van der Waals surface area contributed by atoms with Crippen molar-refractivity contribution in [3.8, 4) is 5.75 Å². The number of carboxylic acid groups (broad SMARTS) is 1. The molecule has 1 amide bonds. The monoisotopic (exact) mass is 301 g/mol. The lowest BCUT2D eigenvalue weighted by atomic mass is 10.2. The van der Waals surface area contributed by atoms with Gasteiger partial charge in [0.05, 0.1) is 6.61 Å². The second-order valence-electron chi connectivity index (χ2n) is 3.95. The summed E-state index contributed by atoms with van der Waals surface area (Å²) in [5.74, 6) is -0.811. The van der Waals surface area contributed by atoms with Gasteiger partial charge in [-0.25, -0.2) is 4.79 Å². The number of ether oxygens (including phenoxy) is 2. The molecule has 0 atom stereocenters. The molecule has 0 radical (unpaired) electrons. The van der Waals surface area contributed by atoms with E-state index in [-0.39, 0.29) is 32.3 Å². The van der Waals surface area contributed by atoms with Crippen LogP contribution in [0.3, 0.4) is 0 Å². The molecular weight excluding hydrogens is 286 g/mol. The summed E-state index contributed by atoms with van der Waals surface area (Å²) in [5, 5.41) is 11.5. The van der Waals surface area contributed by atoms with Gasteiger partial charge in [0.25, 0.3) is 5.91 Å². The molecule has 0 fully saturated rings. The SMILES string of the molecule is Cc1c(Cl)cccc1OCC(=O)NCCOCC(=O)O. The van der Waals surface area contributed by atoms with Crippen LogP contribution in [0.2, 0.25) is 5.02 Å². The molecule has 0 aliphatic carbocycles. The minimum absolute atomic E-state index is 0.133. The van der Waals surface area contributed by atoms with Crippen molar-refractivity contribution in [2.24, 2.45) is 0 Å². The number of carbonyl (C=O) groups is 2. The Labute approximate surface area is 121 Å². The second kappa shape index (κ2) is 8.39. The lowest BCUT2D eigenvalue weighted by Crippen LogP contribution is -2.32. The average Bonchev–Trinajstić information content (AvgIpc) is 2.39. The summed E-state index contributed by atoms with van der Waals surface area (Å²) in [4.78, 5) is 21.6. The lowest BCUT2D eigenvalue weighted by Gasteiger charge is -2.10. The van der Waals surface area contributed by atoms with Crippen molar-refractivity contribution >= 4 is 23.5 Å². The topological polar surface area (TPSA) is 84.9 Å². The van der Waals surface area contributed by atoms with Crippen molar-refractivity contribution in [3.63, 3.8) is 0 Å². The Kier molecular flexibility index (Phi) is 6.83. The summed E-state index contributed by atoms with van der Waals surface area (Å²) in [6.07, 6.45) is 0. The maximum absolute atomic E-state index is 11.5. The fourth-order valence-corrected chi connectivity index (χ4v) is 1.53. The minimum Gasteiger partial charge on any atom is -0.483 e. The predicted molar refractivity (Wildman–Crippen MR) is 73.1 cm³/mol. The molecule has 0 aromatic heterocycles. The van der Waals surface area contributed by atoms with Crippen LogP contribution in [0.25, 0.3) is 0 Å². The molecule has 0 saturated carbocycles. The molecule has 2 N–H and O–H groups in total. The first-order valence-electron chi connectivity index (χ1n) is 5.95. The molecule has 0 spiro atoms. The van der Waals surface area contributed by atoms with Gasteiger partial charge in [-0.2, -0.15) is 0 Å². The maximum atomic E-state index is 11.5. The summed E-state index contributed by atoms with van der Waals surface area (Å²) in [7, 11) is 0. The molecule has 0 bridgehead atoms. The molecule has 1 aromatic carbocycles. The van der Waals surface area contributed by atoms with Crippen LogP contribution in [0.4, 0.5) is 0 Å². The summed E-state index contributed by atoms with van der Waals surface area (Å²) in [6, 6.07) is 5.20. The molecule has 0 aliphatic heterocycles. The van der Waals surface area contributed by atoms with Crippen LogP contribution in [0.1, 0.15) is 5.56 Å². The zero-order chi connectivity index (χ0) is 15.0. The van der Waals surface area contributed by atoms with Gasteiger partial charge in [-0.3, -0.25) is 4.79 Å². The van der Waals surface area contributed by atoms with E-state index in [2.05, 4.69) is 5.32 Å². The Morgan fingerprint density at radius 3 is 2.80 bits per heavy atom. The molecule has 1 aromatic rings. The molecule has 0 unspecified atom stereocenters. The van der Waals surface area contributed by atoms with Crippen LogP contribution in [0.5, 0.6) is 5.75 Å². The molecule has 110 valence electrons. The van der Waals surface area contributed by atoms with Crippen LogP contribution in [-0.2, 0) is 14.3 Å². The van der Waals surface area contributed by atoms with Crippen molar-refractivity contribution in [1.29, 1.82) is 0 Å². The zero-order valence-corrected chi connectivity index (χ0v) is 11.8. The van der Waals surface area contributed by atoms with Crippen molar-refractivity contribution < 1.29 is 24.2 Å². The zero-order valence-electron chi connectivity index (χ0n) is 11.0. The molecule has 0 aliphatic rings. The Morgan fingerprint density at radius 1 is 1.35 bits per heavy atom. The minimum atomic E-state index is -1.05. The number of halogens is 1. The number of nitrogens with one attached hydrogen (secondary N) is 1. The van der Waals surface area contributed by atoms with Crippen LogP contribution >= 0.6 is 11.6 Å². The number of hydrogen-bond acceptors (Lipinski definition) is 4. The van der Waals surface area contributed by atoms with Crippen molar-refractivity contribution in [2.45, 2.75) is 6.92 Å². The normalized spacial score (nSPS) is 10.1. The van der Waals surface area contributed by atoms with Gasteiger partial charge in [0, 0.05) is 17.1 Å². The molecule has 20 heavy (non-hydrogen) atoms. The van der Waals surface area contributed by atoms with Crippen molar-refractivity contribution in [2.75, 3.05) is 26.4 Å². The van der Waals surface area contributed by atoms with Crippen LogP contribution in [0.15, 0.2) is 18.2 Å². The van der Waals surface area contributed by atoms with Gasteiger partial charge in [0.1, 0.15) is 12.4 Å². The first-order valence-corrected chi connectivity index (χ1v) is 6.32. The lowest BCUT2D eigenvalue weighted by molar-refractivity contribution is -0.142. The maximum Gasteiger partial charge on any atom is 0.329 e. The fourth-order valence-electron chi connectivity index (χ4n) is 1.36. The molecule has 7 heteroatoms. The van der Waals surface area contributed by atoms with Crippen LogP contribution in [-0.4, -0.2) is 43.3 Å². The first-order chi connectivity index (χ1) is 9.50. The Morgan fingerprint density at radius 2 is 2.10 bits per heavy atom. The number of rotatable bonds is 8. The van der Waals surface area contributed by atoms with E-state index in [1.54, 1.807) is 25.1 Å². The highest BCUT2D eigenvalue weighted by Crippen LogP contribution is 2.24. The van der Waals surface area contributed by atoms with E-state index in [0.717, 1.165) is 5.56 Å². The van der Waals surface area contributed by atoms with E-state index in [4.69, 9.17) is 26.2 Å². The van der Waals surface area contributed by atoms with Crippen LogP contribution < -0.4 is 10.1 Å². The smallest absolute Gasteiger partial charge is 0.329 e. The highest BCUT2D eigenvalue weighted by molar-refractivity contribution is 6.31. The van der Waals surface area contributed by atoms with E-state index < -0.39 is 5.97 Å². The van der Waals surface area contributed by atoms with Gasteiger partial charge < -0.3 is 19.9 Å². The number of aliphatic carboxylic acids is 1.